The first kappa shape index (κ1) is 10.4. The Bertz CT molecular complexity index is 220. The molecule has 1 unspecified atom stereocenters. The molecule has 0 aliphatic heterocycles. The Labute approximate surface area is 79.7 Å². The van der Waals surface area contributed by atoms with Crippen molar-refractivity contribution in [3.05, 3.63) is 0 Å². The van der Waals surface area contributed by atoms with Gasteiger partial charge in [0.15, 0.2) is 0 Å². The highest BCUT2D eigenvalue weighted by atomic mass is 16.1. The highest BCUT2D eigenvalue weighted by Crippen LogP contribution is 2.34. The van der Waals surface area contributed by atoms with Crippen molar-refractivity contribution in [3.63, 3.8) is 0 Å². The fraction of sp³-hybridized carbons (Fsp3) is 0.818. The van der Waals surface area contributed by atoms with Gasteiger partial charge in [0.2, 0.25) is 0 Å². The second-order valence-corrected chi connectivity index (χ2v) is 4.35. The lowest BCUT2D eigenvalue weighted by Crippen LogP contribution is -2.33. The van der Waals surface area contributed by atoms with Gasteiger partial charge in [0.1, 0.15) is 11.6 Å². The molecular weight excluding hydrogens is 164 g/mol. The highest BCUT2D eigenvalue weighted by Gasteiger charge is 2.34. The van der Waals surface area contributed by atoms with E-state index in [-0.39, 0.29) is 23.4 Å². The minimum atomic E-state index is 0.00116. The molecule has 0 heterocycles. The molecule has 0 aromatic carbocycles. The summed E-state index contributed by atoms with van der Waals surface area (Å²) in [4.78, 5) is 22.6. The number of carbonyl (C=O) groups excluding carboxylic acids is 2. The van der Waals surface area contributed by atoms with Crippen LogP contribution in [0.15, 0.2) is 0 Å². The van der Waals surface area contributed by atoms with Gasteiger partial charge in [-0.2, -0.15) is 0 Å². The van der Waals surface area contributed by atoms with Crippen molar-refractivity contribution >= 4 is 11.6 Å². The second-order valence-electron chi connectivity index (χ2n) is 4.35. The van der Waals surface area contributed by atoms with Crippen LogP contribution in [0.5, 0.6) is 0 Å². The molecule has 0 bridgehead atoms. The lowest BCUT2D eigenvalue weighted by atomic mass is 9.71. The smallest absolute Gasteiger partial charge is 0.133 e. The first-order valence-electron chi connectivity index (χ1n) is 5.03. The van der Waals surface area contributed by atoms with E-state index in [9.17, 15) is 9.59 Å². The van der Waals surface area contributed by atoms with E-state index < -0.39 is 0 Å². The van der Waals surface area contributed by atoms with Crippen LogP contribution in [0.25, 0.3) is 0 Å². The molecule has 1 aliphatic carbocycles. The van der Waals surface area contributed by atoms with Crippen LogP contribution in [0, 0.1) is 17.8 Å². The molecule has 0 radical (unpaired) electrons. The third kappa shape index (κ3) is 2.39. The normalized spacial score (nSPS) is 34.2. The second kappa shape index (κ2) is 4.03. The van der Waals surface area contributed by atoms with Crippen LogP contribution in [0.2, 0.25) is 0 Å². The average molecular weight is 182 g/mol. The number of rotatable bonds is 2. The van der Waals surface area contributed by atoms with Crippen LogP contribution in [0.4, 0.5) is 0 Å². The van der Waals surface area contributed by atoms with Crippen molar-refractivity contribution in [2.24, 2.45) is 17.8 Å². The van der Waals surface area contributed by atoms with Gasteiger partial charge in [-0.25, -0.2) is 0 Å². The molecule has 1 rings (SSSR count). The molecule has 0 spiro atoms. The van der Waals surface area contributed by atoms with E-state index in [1.54, 1.807) is 13.8 Å². The number of carbonyl (C=O) groups is 2. The maximum Gasteiger partial charge on any atom is 0.133 e. The first-order chi connectivity index (χ1) is 6.02. The molecule has 13 heavy (non-hydrogen) atoms. The molecule has 0 aromatic rings. The van der Waals surface area contributed by atoms with Crippen molar-refractivity contribution in [1.29, 1.82) is 0 Å². The minimum Gasteiger partial charge on any atom is -0.300 e. The summed E-state index contributed by atoms with van der Waals surface area (Å²) >= 11 is 0. The molecule has 0 N–H and O–H groups in total. The Kier molecular flexibility index (Phi) is 3.23. The Morgan fingerprint density at radius 3 is 2.00 bits per heavy atom. The quantitative estimate of drug-likeness (QED) is 0.656. The molecule has 0 aromatic heterocycles. The monoisotopic (exact) mass is 182 g/mol. The molecule has 0 saturated heterocycles. The number of hydrogen-bond acceptors (Lipinski definition) is 2. The molecule has 0 amide bonds. The van der Waals surface area contributed by atoms with E-state index in [4.69, 9.17) is 0 Å². The Hall–Kier alpha value is -0.660. The topological polar surface area (TPSA) is 34.1 Å². The predicted octanol–water partition coefficient (Wildman–Crippen LogP) is 2.22. The SMILES string of the molecule is CC(=O)[C@@H]1CCC(C)C[C@H]1C(C)=O. The van der Waals surface area contributed by atoms with Gasteiger partial charge >= 0.3 is 0 Å². The van der Waals surface area contributed by atoms with Gasteiger partial charge in [0, 0.05) is 11.8 Å². The fourth-order valence-corrected chi connectivity index (χ4v) is 2.32. The Morgan fingerprint density at radius 1 is 1.00 bits per heavy atom. The van der Waals surface area contributed by atoms with Crippen LogP contribution in [0.1, 0.15) is 40.0 Å². The fourth-order valence-electron chi connectivity index (χ4n) is 2.32. The van der Waals surface area contributed by atoms with Crippen molar-refractivity contribution in [2.75, 3.05) is 0 Å². The molecule has 1 fully saturated rings. The summed E-state index contributed by atoms with van der Waals surface area (Å²) in [6.07, 6.45) is 2.90. The number of ketones is 2. The van der Waals surface area contributed by atoms with E-state index in [0.29, 0.717) is 5.92 Å². The predicted molar refractivity (Wildman–Crippen MR) is 51.4 cm³/mol. The number of hydrogen-bond donors (Lipinski definition) is 0. The zero-order valence-corrected chi connectivity index (χ0v) is 8.67. The third-order valence-electron chi connectivity index (χ3n) is 3.16. The largest absolute Gasteiger partial charge is 0.300 e. The molecule has 1 aliphatic rings. The van der Waals surface area contributed by atoms with E-state index in [1.807, 2.05) is 0 Å². The molecule has 3 atom stereocenters. The van der Waals surface area contributed by atoms with Crippen LogP contribution in [-0.4, -0.2) is 11.6 Å². The van der Waals surface area contributed by atoms with Crippen LogP contribution < -0.4 is 0 Å². The van der Waals surface area contributed by atoms with Crippen LogP contribution in [0.3, 0.4) is 0 Å². The zero-order chi connectivity index (χ0) is 10.0. The Balaban J connectivity index is 2.72. The van der Waals surface area contributed by atoms with Gasteiger partial charge in [-0.05, 0) is 39.0 Å². The summed E-state index contributed by atoms with van der Waals surface area (Å²) in [6, 6.07) is 0. The van der Waals surface area contributed by atoms with E-state index >= 15 is 0 Å². The lowest BCUT2D eigenvalue weighted by molar-refractivity contribution is -0.132. The van der Waals surface area contributed by atoms with Crippen molar-refractivity contribution in [3.8, 4) is 0 Å². The van der Waals surface area contributed by atoms with Gasteiger partial charge in [0.25, 0.3) is 0 Å². The lowest BCUT2D eigenvalue weighted by Gasteiger charge is -2.31. The average Bonchev–Trinajstić information content (AvgIpc) is 2.03. The number of Topliss-reactive ketones (excluding diaryl/α,β-unsaturated/α-hetero) is 2. The standard InChI is InChI=1S/C11H18O2/c1-7-4-5-10(8(2)12)11(6-7)9(3)13/h7,10-11H,4-6H2,1-3H3/t7?,10-,11-/m0/s1. The van der Waals surface area contributed by atoms with E-state index in [0.717, 1.165) is 19.3 Å². The summed E-state index contributed by atoms with van der Waals surface area (Å²) in [6.45, 7) is 5.38. The maximum absolute atomic E-state index is 11.3. The molecular formula is C11H18O2. The van der Waals surface area contributed by atoms with Gasteiger partial charge < -0.3 is 0 Å². The molecule has 2 heteroatoms. The van der Waals surface area contributed by atoms with Gasteiger partial charge in [-0.15, -0.1) is 0 Å². The third-order valence-corrected chi connectivity index (χ3v) is 3.16. The minimum absolute atomic E-state index is 0.00116. The van der Waals surface area contributed by atoms with Crippen molar-refractivity contribution < 1.29 is 9.59 Å². The van der Waals surface area contributed by atoms with E-state index in [1.165, 1.54) is 0 Å². The van der Waals surface area contributed by atoms with E-state index in [2.05, 4.69) is 6.92 Å². The van der Waals surface area contributed by atoms with Gasteiger partial charge in [-0.3, -0.25) is 9.59 Å². The summed E-state index contributed by atoms with van der Waals surface area (Å²) in [5.74, 6) is 0.985. The molecule has 74 valence electrons. The summed E-state index contributed by atoms with van der Waals surface area (Å²) in [5, 5.41) is 0. The molecule has 2 nitrogen and oxygen atoms in total. The van der Waals surface area contributed by atoms with Crippen molar-refractivity contribution in [1.82, 2.24) is 0 Å². The summed E-state index contributed by atoms with van der Waals surface area (Å²) in [7, 11) is 0. The van der Waals surface area contributed by atoms with Crippen LogP contribution in [-0.2, 0) is 9.59 Å². The molecule has 1 saturated carbocycles. The van der Waals surface area contributed by atoms with Gasteiger partial charge in [-0.1, -0.05) is 6.92 Å². The summed E-state index contributed by atoms with van der Waals surface area (Å²) < 4.78 is 0. The zero-order valence-electron chi connectivity index (χ0n) is 8.67. The summed E-state index contributed by atoms with van der Waals surface area (Å²) in [5.41, 5.74) is 0. The first-order valence-corrected chi connectivity index (χ1v) is 5.03. The Morgan fingerprint density at radius 2 is 1.54 bits per heavy atom. The van der Waals surface area contributed by atoms with Gasteiger partial charge in [0.05, 0.1) is 0 Å². The van der Waals surface area contributed by atoms with Crippen LogP contribution >= 0.6 is 0 Å². The maximum atomic E-state index is 11.3. The highest BCUT2D eigenvalue weighted by molar-refractivity contribution is 5.87. The van der Waals surface area contributed by atoms with Crippen molar-refractivity contribution in [2.45, 2.75) is 40.0 Å².